The van der Waals surface area contributed by atoms with E-state index in [4.69, 9.17) is 4.74 Å². The maximum Gasteiger partial charge on any atom is 0.341 e. The van der Waals surface area contributed by atoms with Crippen molar-refractivity contribution >= 4 is 5.97 Å². The molecular formula is C11H16N2O2. The average Bonchev–Trinajstić information content (AvgIpc) is 3.00. The van der Waals surface area contributed by atoms with E-state index >= 15 is 0 Å². The Bertz CT molecular complexity index is 367. The number of hydrogen-bond acceptors (Lipinski definition) is 3. The molecule has 0 radical (unpaired) electrons. The summed E-state index contributed by atoms with van der Waals surface area (Å²) in [5.41, 5.74) is 1.72. The van der Waals surface area contributed by atoms with Crippen LogP contribution in [0.3, 0.4) is 0 Å². The molecule has 1 saturated carbocycles. The Morgan fingerprint density at radius 3 is 2.93 bits per heavy atom. The second-order valence-corrected chi connectivity index (χ2v) is 3.93. The van der Waals surface area contributed by atoms with Crippen LogP contribution in [0.1, 0.15) is 48.2 Å². The van der Waals surface area contributed by atoms with Crippen molar-refractivity contribution in [2.75, 3.05) is 7.11 Å². The van der Waals surface area contributed by atoms with E-state index in [-0.39, 0.29) is 5.97 Å². The highest BCUT2D eigenvalue weighted by Gasteiger charge is 2.32. The molecule has 0 atom stereocenters. The first-order chi connectivity index (χ1) is 7.27. The van der Waals surface area contributed by atoms with E-state index in [0.29, 0.717) is 11.5 Å². The maximum atomic E-state index is 11.5. The minimum absolute atomic E-state index is 0.265. The topological polar surface area (TPSA) is 44.1 Å². The van der Waals surface area contributed by atoms with Gasteiger partial charge in [0.25, 0.3) is 0 Å². The van der Waals surface area contributed by atoms with Gasteiger partial charge in [-0.3, -0.25) is 4.68 Å². The molecule has 4 heteroatoms. The Morgan fingerprint density at radius 2 is 2.40 bits per heavy atom. The molecule has 1 fully saturated rings. The molecular weight excluding hydrogens is 192 g/mol. The number of carbonyl (C=O) groups is 1. The molecule has 15 heavy (non-hydrogen) atoms. The molecule has 0 N–H and O–H groups in total. The number of hydrogen-bond donors (Lipinski definition) is 0. The quantitative estimate of drug-likeness (QED) is 0.710. The molecule has 1 aromatic heterocycles. The SMILES string of the molecule is CCCn1ncc(C(=O)OC)c1C1CC1. The highest BCUT2D eigenvalue weighted by molar-refractivity contribution is 5.90. The number of ether oxygens (including phenoxy) is 1. The fourth-order valence-corrected chi connectivity index (χ4v) is 1.84. The number of esters is 1. The summed E-state index contributed by atoms with van der Waals surface area (Å²) in [6.07, 6.45) is 5.00. The van der Waals surface area contributed by atoms with E-state index in [9.17, 15) is 4.79 Å². The maximum absolute atomic E-state index is 11.5. The van der Waals surface area contributed by atoms with Gasteiger partial charge in [-0.15, -0.1) is 0 Å². The third-order valence-electron chi connectivity index (χ3n) is 2.69. The van der Waals surface area contributed by atoms with Crippen LogP contribution in [-0.2, 0) is 11.3 Å². The van der Waals surface area contributed by atoms with Gasteiger partial charge in [-0.1, -0.05) is 6.92 Å². The number of carbonyl (C=O) groups excluding carboxylic acids is 1. The molecule has 1 aliphatic rings. The monoisotopic (exact) mass is 208 g/mol. The van der Waals surface area contributed by atoms with Gasteiger partial charge in [-0.05, 0) is 19.3 Å². The van der Waals surface area contributed by atoms with Gasteiger partial charge in [0, 0.05) is 12.5 Å². The Kier molecular flexibility index (Phi) is 2.75. The van der Waals surface area contributed by atoms with Gasteiger partial charge in [-0.2, -0.15) is 5.10 Å². The Balaban J connectivity index is 2.33. The Hall–Kier alpha value is -1.32. The largest absolute Gasteiger partial charge is 0.465 e. The van der Waals surface area contributed by atoms with Crippen LogP contribution in [0.2, 0.25) is 0 Å². The first kappa shape index (κ1) is 10.2. The summed E-state index contributed by atoms with van der Waals surface area (Å²) >= 11 is 0. The van der Waals surface area contributed by atoms with Crippen molar-refractivity contribution in [1.82, 2.24) is 9.78 Å². The van der Waals surface area contributed by atoms with Crippen LogP contribution in [0.25, 0.3) is 0 Å². The summed E-state index contributed by atoms with van der Waals surface area (Å²) in [7, 11) is 1.41. The zero-order valence-electron chi connectivity index (χ0n) is 9.19. The van der Waals surface area contributed by atoms with E-state index in [0.717, 1.165) is 18.7 Å². The molecule has 0 unspecified atom stereocenters. The summed E-state index contributed by atoms with van der Waals surface area (Å²) in [5, 5.41) is 4.25. The molecule has 0 spiro atoms. The van der Waals surface area contributed by atoms with Gasteiger partial charge in [0.05, 0.1) is 19.0 Å². The first-order valence-electron chi connectivity index (χ1n) is 5.42. The van der Waals surface area contributed by atoms with Gasteiger partial charge >= 0.3 is 5.97 Å². The number of aryl methyl sites for hydroxylation is 1. The highest BCUT2D eigenvalue weighted by Crippen LogP contribution is 2.41. The van der Waals surface area contributed by atoms with Crippen molar-refractivity contribution in [2.24, 2.45) is 0 Å². The Morgan fingerprint density at radius 1 is 1.67 bits per heavy atom. The normalized spacial score (nSPS) is 15.3. The van der Waals surface area contributed by atoms with Crippen LogP contribution in [0, 0.1) is 0 Å². The molecule has 1 aromatic rings. The van der Waals surface area contributed by atoms with Gasteiger partial charge in [0.15, 0.2) is 0 Å². The fourth-order valence-electron chi connectivity index (χ4n) is 1.84. The number of rotatable bonds is 4. The van der Waals surface area contributed by atoms with Crippen LogP contribution < -0.4 is 0 Å². The molecule has 0 aliphatic heterocycles. The minimum Gasteiger partial charge on any atom is -0.465 e. The second kappa shape index (κ2) is 4.04. The molecule has 0 amide bonds. The van der Waals surface area contributed by atoms with Crippen molar-refractivity contribution in [1.29, 1.82) is 0 Å². The minimum atomic E-state index is -0.265. The standard InChI is InChI=1S/C11H16N2O2/c1-3-6-13-10(8-4-5-8)9(7-12-13)11(14)15-2/h7-8H,3-6H2,1-2H3. The number of methoxy groups -OCH3 is 1. The van der Waals surface area contributed by atoms with Crippen LogP contribution in [-0.4, -0.2) is 22.9 Å². The van der Waals surface area contributed by atoms with Gasteiger partial charge < -0.3 is 4.74 Å². The van der Waals surface area contributed by atoms with Gasteiger partial charge in [0.2, 0.25) is 0 Å². The van der Waals surface area contributed by atoms with Crippen molar-refractivity contribution in [3.05, 3.63) is 17.5 Å². The van der Waals surface area contributed by atoms with E-state index in [1.807, 2.05) is 4.68 Å². The van der Waals surface area contributed by atoms with Crippen molar-refractivity contribution in [3.63, 3.8) is 0 Å². The number of aromatic nitrogens is 2. The molecule has 0 bridgehead atoms. The summed E-state index contributed by atoms with van der Waals surface area (Å²) in [6.45, 7) is 2.99. The first-order valence-corrected chi connectivity index (χ1v) is 5.42. The lowest BCUT2D eigenvalue weighted by Crippen LogP contribution is -2.08. The smallest absolute Gasteiger partial charge is 0.341 e. The van der Waals surface area contributed by atoms with E-state index in [1.165, 1.54) is 20.0 Å². The third kappa shape index (κ3) is 1.89. The molecule has 82 valence electrons. The van der Waals surface area contributed by atoms with E-state index in [2.05, 4.69) is 12.0 Å². The summed E-state index contributed by atoms with van der Waals surface area (Å²) in [5.74, 6) is 0.257. The highest BCUT2D eigenvalue weighted by atomic mass is 16.5. The Labute approximate surface area is 89.2 Å². The van der Waals surface area contributed by atoms with Crippen molar-refractivity contribution in [2.45, 2.75) is 38.6 Å². The van der Waals surface area contributed by atoms with Crippen LogP contribution in [0.5, 0.6) is 0 Å². The summed E-state index contributed by atoms with van der Waals surface area (Å²) in [6, 6.07) is 0. The average molecular weight is 208 g/mol. The molecule has 1 aliphatic carbocycles. The second-order valence-electron chi connectivity index (χ2n) is 3.93. The van der Waals surface area contributed by atoms with Crippen LogP contribution >= 0.6 is 0 Å². The molecule has 0 saturated heterocycles. The summed E-state index contributed by atoms with van der Waals surface area (Å²) in [4.78, 5) is 11.5. The van der Waals surface area contributed by atoms with Crippen molar-refractivity contribution in [3.8, 4) is 0 Å². The van der Waals surface area contributed by atoms with Gasteiger partial charge in [-0.25, -0.2) is 4.79 Å². The lowest BCUT2D eigenvalue weighted by atomic mass is 10.2. The summed E-state index contributed by atoms with van der Waals surface area (Å²) < 4.78 is 6.70. The predicted octanol–water partition coefficient (Wildman–Crippen LogP) is 1.96. The van der Waals surface area contributed by atoms with Crippen molar-refractivity contribution < 1.29 is 9.53 Å². The molecule has 4 nitrogen and oxygen atoms in total. The van der Waals surface area contributed by atoms with Gasteiger partial charge in [0.1, 0.15) is 5.56 Å². The molecule has 2 rings (SSSR count). The van der Waals surface area contributed by atoms with E-state index in [1.54, 1.807) is 6.20 Å². The fraction of sp³-hybridized carbons (Fsp3) is 0.636. The van der Waals surface area contributed by atoms with Crippen LogP contribution in [0.4, 0.5) is 0 Å². The van der Waals surface area contributed by atoms with E-state index < -0.39 is 0 Å². The lowest BCUT2D eigenvalue weighted by molar-refractivity contribution is 0.0599. The zero-order valence-corrected chi connectivity index (χ0v) is 9.19. The molecule has 1 heterocycles. The van der Waals surface area contributed by atoms with Crippen LogP contribution in [0.15, 0.2) is 6.20 Å². The predicted molar refractivity (Wildman–Crippen MR) is 55.8 cm³/mol. The number of nitrogens with zero attached hydrogens (tertiary/aromatic N) is 2. The lowest BCUT2D eigenvalue weighted by Gasteiger charge is -2.06. The molecule has 0 aromatic carbocycles. The third-order valence-corrected chi connectivity index (χ3v) is 2.69. The zero-order chi connectivity index (χ0) is 10.8.